The largest absolute Gasteiger partial charge is 0.524 e. The number of rotatable bonds is 2. The van der Waals surface area contributed by atoms with Crippen LogP contribution in [0.4, 0.5) is 0 Å². The predicted octanol–water partition coefficient (Wildman–Crippen LogP) is 1.27. The van der Waals surface area contributed by atoms with Gasteiger partial charge in [0.05, 0.1) is 0 Å². The molecule has 6 heteroatoms. The molecule has 0 aromatic heterocycles. The lowest BCUT2D eigenvalue weighted by molar-refractivity contribution is 0.283. The van der Waals surface area contributed by atoms with E-state index in [4.69, 9.17) is 9.79 Å². The molecule has 0 aliphatic rings. The molecule has 0 aliphatic heterocycles. The molecule has 0 bridgehead atoms. The molecule has 0 amide bonds. The lowest BCUT2D eigenvalue weighted by Gasteiger charge is -2.19. The summed E-state index contributed by atoms with van der Waals surface area (Å²) in [4.78, 5) is 17.2. The first-order valence-corrected chi connectivity index (χ1v) is 6.07. The van der Waals surface area contributed by atoms with Crippen molar-refractivity contribution in [2.45, 2.75) is 26.2 Å². The van der Waals surface area contributed by atoms with Gasteiger partial charge in [0.15, 0.2) is 17.4 Å². The Morgan fingerprint density at radius 2 is 1.56 bits per heavy atom. The highest BCUT2D eigenvalue weighted by Gasteiger charge is 2.17. The summed E-state index contributed by atoms with van der Waals surface area (Å²) in [7, 11) is -4.44. The van der Waals surface area contributed by atoms with Gasteiger partial charge < -0.3 is 4.52 Å². The summed E-state index contributed by atoms with van der Waals surface area (Å²) >= 11 is 0. The quantitative estimate of drug-likeness (QED) is 0.620. The highest BCUT2D eigenvalue weighted by molar-refractivity contribution is 7.46. The van der Waals surface area contributed by atoms with Crippen LogP contribution in [0.2, 0.25) is 0 Å². The van der Waals surface area contributed by atoms with Crippen LogP contribution in [0, 0.1) is 0 Å². The molecule has 2 N–H and O–H groups in total. The van der Waals surface area contributed by atoms with Crippen LogP contribution in [0.25, 0.3) is 0 Å². The summed E-state index contributed by atoms with van der Waals surface area (Å²) in [5.41, 5.74) is 1.10. The summed E-state index contributed by atoms with van der Waals surface area (Å²) in [6.07, 6.45) is 0. The van der Waals surface area contributed by atoms with E-state index in [0.29, 0.717) is 0 Å². The first-order valence-electron chi connectivity index (χ1n) is 4.54. The average Bonchev–Trinajstić information content (AvgIpc) is 2.00. The topological polar surface area (TPSA) is 66.8 Å². The molecular weight excluding hydrogens is 242 g/mol. The standard InChI is InChI=1S/C10H15O4P.Al.3H/c1-10(2,3)8-4-6-9(7-5-8)14-15(11,12)13;;;;/h4-7H,1-3H3,(H2,11,12,13);;;;. The molecule has 0 saturated carbocycles. The van der Waals surface area contributed by atoms with E-state index in [9.17, 15) is 4.57 Å². The van der Waals surface area contributed by atoms with E-state index in [-0.39, 0.29) is 28.5 Å². The minimum atomic E-state index is -4.44. The minimum absolute atomic E-state index is 0. The van der Waals surface area contributed by atoms with Crippen molar-refractivity contribution >= 4 is 25.2 Å². The van der Waals surface area contributed by atoms with Gasteiger partial charge in [0, 0.05) is 0 Å². The molecule has 1 rings (SSSR count). The molecule has 0 heterocycles. The Morgan fingerprint density at radius 1 is 1.12 bits per heavy atom. The molecule has 0 unspecified atom stereocenters. The third-order valence-electron chi connectivity index (χ3n) is 1.94. The second-order valence-corrected chi connectivity index (χ2v) is 5.52. The normalized spacial score (nSPS) is 11.8. The number of phosphoric ester groups is 1. The van der Waals surface area contributed by atoms with Gasteiger partial charge in [-0.1, -0.05) is 32.9 Å². The Morgan fingerprint density at radius 3 is 1.88 bits per heavy atom. The molecule has 1 aromatic rings. The number of hydrogen-bond donors (Lipinski definition) is 2. The smallest absolute Gasteiger partial charge is 0.404 e. The molecule has 90 valence electrons. The number of phosphoric acid groups is 1. The fraction of sp³-hybridized carbons (Fsp3) is 0.400. The summed E-state index contributed by atoms with van der Waals surface area (Å²) in [6, 6.07) is 6.70. The SMILES string of the molecule is CC(C)(C)c1ccc(OP(=O)(O)O)cc1.[AlH3]. The Labute approximate surface area is 106 Å². The Kier molecular flexibility index (Phi) is 5.26. The van der Waals surface area contributed by atoms with Gasteiger partial charge in [0.2, 0.25) is 0 Å². The second-order valence-electron chi connectivity index (χ2n) is 4.36. The van der Waals surface area contributed by atoms with Gasteiger partial charge in [-0.15, -0.1) is 0 Å². The molecule has 0 atom stereocenters. The van der Waals surface area contributed by atoms with Gasteiger partial charge in [-0.25, -0.2) is 4.57 Å². The molecule has 1 aromatic carbocycles. The molecule has 0 fully saturated rings. The van der Waals surface area contributed by atoms with Crippen molar-refractivity contribution in [1.29, 1.82) is 0 Å². The van der Waals surface area contributed by atoms with E-state index < -0.39 is 7.82 Å². The molecule has 0 saturated heterocycles. The first kappa shape index (κ1) is 15.7. The summed E-state index contributed by atoms with van der Waals surface area (Å²) in [6.45, 7) is 6.18. The van der Waals surface area contributed by atoms with Gasteiger partial charge in [-0.2, -0.15) is 0 Å². The highest BCUT2D eigenvalue weighted by Crippen LogP contribution is 2.37. The van der Waals surface area contributed by atoms with Crippen LogP contribution in [0.15, 0.2) is 24.3 Å². The third-order valence-corrected chi connectivity index (χ3v) is 2.39. The maximum absolute atomic E-state index is 10.6. The Hall–Kier alpha value is -0.298. The van der Waals surface area contributed by atoms with Crippen LogP contribution < -0.4 is 4.52 Å². The highest BCUT2D eigenvalue weighted by atomic mass is 31.2. The maximum Gasteiger partial charge on any atom is 0.524 e. The molecule has 0 radical (unpaired) electrons. The van der Waals surface area contributed by atoms with Crippen LogP contribution in [0.5, 0.6) is 5.75 Å². The third kappa shape index (κ3) is 5.16. The zero-order chi connectivity index (χ0) is 11.7. The van der Waals surface area contributed by atoms with Crippen molar-refractivity contribution < 1.29 is 18.9 Å². The first-order chi connectivity index (χ1) is 6.68. The van der Waals surface area contributed by atoms with Crippen molar-refractivity contribution in [2.24, 2.45) is 0 Å². The number of hydrogen-bond acceptors (Lipinski definition) is 2. The van der Waals surface area contributed by atoms with E-state index in [0.717, 1.165) is 5.56 Å². The van der Waals surface area contributed by atoms with Crippen LogP contribution in [-0.2, 0) is 9.98 Å². The van der Waals surface area contributed by atoms with E-state index in [1.807, 2.05) is 0 Å². The fourth-order valence-corrected chi connectivity index (χ4v) is 1.55. The van der Waals surface area contributed by atoms with Crippen LogP contribution in [0.3, 0.4) is 0 Å². The van der Waals surface area contributed by atoms with E-state index >= 15 is 0 Å². The fourth-order valence-electron chi connectivity index (χ4n) is 1.15. The van der Waals surface area contributed by atoms with Crippen LogP contribution in [-0.4, -0.2) is 27.1 Å². The molecule has 16 heavy (non-hydrogen) atoms. The Bertz CT molecular complexity index is 377. The van der Waals surface area contributed by atoms with Gasteiger partial charge in [0.25, 0.3) is 0 Å². The minimum Gasteiger partial charge on any atom is -0.404 e. The Balaban J connectivity index is 0.00000225. The van der Waals surface area contributed by atoms with E-state index in [1.54, 1.807) is 24.3 Å². The van der Waals surface area contributed by atoms with Crippen LogP contribution >= 0.6 is 7.82 Å². The van der Waals surface area contributed by atoms with Crippen molar-refractivity contribution in [1.82, 2.24) is 0 Å². The zero-order valence-electron chi connectivity index (χ0n) is 8.97. The number of benzene rings is 1. The lowest BCUT2D eigenvalue weighted by atomic mass is 9.87. The molecule has 4 nitrogen and oxygen atoms in total. The van der Waals surface area contributed by atoms with Crippen molar-refractivity contribution in [3.63, 3.8) is 0 Å². The second kappa shape index (κ2) is 5.36. The summed E-state index contributed by atoms with van der Waals surface area (Å²) < 4.78 is 15.0. The predicted molar refractivity (Wildman–Crippen MR) is 67.8 cm³/mol. The average molecular weight is 260 g/mol. The van der Waals surface area contributed by atoms with Gasteiger partial charge >= 0.3 is 7.82 Å². The molecule has 0 aliphatic carbocycles. The van der Waals surface area contributed by atoms with E-state index in [2.05, 4.69) is 25.3 Å². The van der Waals surface area contributed by atoms with Gasteiger partial charge in [-0.3, -0.25) is 9.79 Å². The monoisotopic (exact) mass is 260 g/mol. The van der Waals surface area contributed by atoms with Crippen molar-refractivity contribution in [3.05, 3.63) is 29.8 Å². The van der Waals surface area contributed by atoms with E-state index in [1.165, 1.54) is 0 Å². The maximum atomic E-state index is 10.6. The molecular formula is C10H18AlO4P. The van der Waals surface area contributed by atoms with Gasteiger partial charge in [0.1, 0.15) is 5.75 Å². The van der Waals surface area contributed by atoms with Crippen molar-refractivity contribution in [3.8, 4) is 5.75 Å². The summed E-state index contributed by atoms with van der Waals surface area (Å²) in [5, 5.41) is 0. The van der Waals surface area contributed by atoms with Crippen molar-refractivity contribution in [2.75, 3.05) is 0 Å². The zero-order valence-corrected chi connectivity index (χ0v) is 9.86. The van der Waals surface area contributed by atoms with Gasteiger partial charge in [-0.05, 0) is 23.1 Å². The summed E-state index contributed by atoms with van der Waals surface area (Å²) in [5.74, 6) is 0.177. The molecule has 0 spiro atoms. The van der Waals surface area contributed by atoms with Crippen LogP contribution in [0.1, 0.15) is 26.3 Å². The lowest BCUT2D eigenvalue weighted by Crippen LogP contribution is -2.10.